The average Bonchev–Trinajstić information content (AvgIpc) is 2.62. The quantitative estimate of drug-likeness (QED) is 0.856. The molecule has 0 saturated carbocycles. The Morgan fingerprint density at radius 1 is 1.33 bits per heavy atom. The fourth-order valence-electron chi connectivity index (χ4n) is 1.70. The molecule has 0 aliphatic carbocycles. The number of thiophene rings is 1. The molecule has 0 amide bonds. The minimum atomic E-state index is 0.221. The molecule has 15 heavy (non-hydrogen) atoms. The number of hydrogen-bond donors (Lipinski definition) is 1. The highest BCUT2D eigenvalue weighted by atomic mass is 32.1. The molecule has 1 heterocycles. The van der Waals surface area contributed by atoms with Crippen LogP contribution in [0.4, 0.5) is 0 Å². The molecule has 0 saturated heterocycles. The van der Waals surface area contributed by atoms with Crippen molar-refractivity contribution in [2.45, 2.75) is 6.54 Å². The second-order valence-electron chi connectivity index (χ2n) is 3.72. The van der Waals surface area contributed by atoms with Crippen LogP contribution in [0.3, 0.4) is 0 Å². The Morgan fingerprint density at radius 2 is 2.13 bits per heavy atom. The summed E-state index contributed by atoms with van der Waals surface area (Å²) in [7, 11) is 2.03. The Morgan fingerprint density at radius 3 is 2.93 bits per heavy atom. The van der Waals surface area contributed by atoms with E-state index < -0.39 is 0 Å². The van der Waals surface area contributed by atoms with Gasteiger partial charge in [-0.2, -0.15) is 0 Å². The molecule has 0 fully saturated rings. The van der Waals surface area contributed by atoms with Crippen LogP contribution in [0.1, 0.15) is 5.56 Å². The molecule has 1 aromatic heterocycles. The van der Waals surface area contributed by atoms with Gasteiger partial charge < -0.3 is 5.11 Å². The standard InChI is InChI=1S/C12H15NOS/c1-13(6-7-14)8-10-9-15-12-5-3-2-4-11(10)12/h2-5,9,14H,6-8H2,1H3. The van der Waals surface area contributed by atoms with Crippen molar-refractivity contribution < 1.29 is 5.11 Å². The number of fused-ring (bicyclic) bond motifs is 1. The molecule has 1 aromatic carbocycles. The molecule has 1 N–H and O–H groups in total. The molecule has 0 aliphatic rings. The number of hydrogen-bond acceptors (Lipinski definition) is 3. The number of rotatable bonds is 4. The van der Waals surface area contributed by atoms with E-state index in [2.05, 4.69) is 34.5 Å². The molecule has 0 aliphatic heterocycles. The van der Waals surface area contributed by atoms with Crippen LogP contribution in [-0.2, 0) is 6.54 Å². The summed E-state index contributed by atoms with van der Waals surface area (Å²) in [5, 5.41) is 12.4. The smallest absolute Gasteiger partial charge is 0.0558 e. The lowest BCUT2D eigenvalue weighted by Crippen LogP contribution is -2.21. The summed E-state index contributed by atoms with van der Waals surface area (Å²) in [5.74, 6) is 0. The lowest BCUT2D eigenvalue weighted by Gasteiger charge is -2.14. The van der Waals surface area contributed by atoms with Gasteiger partial charge >= 0.3 is 0 Å². The Bertz CT molecular complexity index is 438. The van der Waals surface area contributed by atoms with E-state index in [1.165, 1.54) is 15.6 Å². The van der Waals surface area contributed by atoms with E-state index in [1.807, 2.05) is 7.05 Å². The summed E-state index contributed by atoms with van der Waals surface area (Å²) in [6.07, 6.45) is 0. The summed E-state index contributed by atoms with van der Waals surface area (Å²) >= 11 is 1.78. The van der Waals surface area contributed by atoms with Crippen LogP contribution in [0.25, 0.3) is 10.1 Å². The Balaban J connectivity index is 2.21. The number of likely N-dealkylation sites (N-methyl/N-ethyl adjacent to an activating group) is 1. The van der Waals surface area contributed by atoms with Gasteiger partial charge in [0, 0.05) is 17.8 Å². The van der Waals surface area contributed by atoms with Crippen LogP contribution < -0.4 is 0 Å². The Hall–Kier alpha value is -0.900. The lowest BCUT2D eigenvalue weighted by molar-refractivity contribution is 0.218. The van der Waals surface area contributed by atoms with Gasteiger partial charge in [-0.05, 0) is 29.4 Å². The average molecular weight is 221 g/mol. The van der Waals surface area contributed by atoms with E-state index in [0.717, 1.165) is 13.1 Å². The van der Waals surface area contributed by atoms with Crippen molar-refractivity contribution in [3.05, 3.63) is 35.2 Å². The zero-order valence-corrected chi connectivity index (χ0v) is 9.63. The molecule has 0 spiro atoms. The highest BCUT2D eigenvalue weighted by Gasteiger charge is 2.05. The molecular weight excluding hydrogens is 206 g/mol. The number of aliphatic hydroxyl groups excluding tert-OH is 1. The molecular formula is C12H15NOS. The fraction of sp³-hybridized carbons (Fsp3) is 0.333. The van der Waals surface area contributed by atoms with E-state index in [-0.39, 0.29) is 6.61 Å². The van der Waals surface area contributed by atoms with Crippen LogP contribution in [0, 0.1) is 0 Å². The molecule has 3 heteroatoms. The second kappa shape index (κ2) is 4.75. The first kappa shape index (κ1) is 10.6. The minimum absolute atomic E-state index is 0.221. The first-order valence-corrected chi connectivity index (χ1v) is 5.93. The predicted octanol–water partition coefficient (Wildman–Crippen LogP) is 2.33. The summed E-state index contributed by atoms with van der Waals surface area (Å²) in [4.78, 5) is 2.13. The third kappa shape index (κ3) is 2.37. The van der Waals surface area contributed by atoms with Crippen molar-refractivity contribution in [2.75, 3.05) is 20.2 Å². The molecule has 2 rings (SSSR count). The first-order valence-electron chi connectivity index (χ1n) is 5.06. The summed E-state index contributed by atoms with van der Waals surface area (Å²) in [5.41, 5.74) is 1.35. The maximum Gasteiger partial charge on any atom is 0.0558 e. The molecule has 2 nitrogen and oxygen atoms in total. The van der Waals surface area contributed by atoms with Crippen LogP contribution in [0.5, 0.6) is 0 Å². The lowest BCUT2D eigenvalue weighted by atomic mass is 10.2. The molecule has 80 valence electrons. The van der Waals surface area contributed by atoms with Crippen molar-refractivity contribution in [3.8, 4) is 0 Å². The van der Waals surface area contributed by atoms with Crippen LogP contribution >= 0.6 is 11.3 Å². The normalized spacial score (nSPS) is 11.4. The summed E-state index contributed by atoms with van der Waals surface area (Å²) in [6, 6.07) is 8.45. The Kier molecular flexibility index (Phi) is 3.36. The van der Waals surface area contributed by atoms with Crippen molar-refractivity contribution >= 4 is 21.4 Å². The SMILES string of the molecule is CN(CCO)Cc1csc2ccccc12. The first-order chi connectivity index (χ1) is 7.31. The molecule has 2 aromatic rings. The third-order valence-corrected chi connectivity index (χ3v) is 3.50. The van der Waals surface area contributed by atoms with E-state index in [4.69, 9.17) is 5.11 Å². The van der Waals surface area contributed by atoms with Crippen molar-refractivity contribution in [1.29, 1.82) is 0 Å². The van der Waals surface area contributed by atoms with E-state index in [9.17, 15) is 0 Å². The van der Waals surface area contributed by atoms with Gasteiger partial charge in [-0.15, -0.1) is 11.3 Å². The summed E-state index contributed by atoms with van der Waals surface area (Å²) < 4.78 is 1.34. The maximum absolute atomic E-state index is 8.84. The highest BCUT2D eigenvalue weighted by Crippen LogP contribution is 2.26. The van der Waals surface area contributed by atoms with Gasteiger partial charge in [-0.3, -0.25) is 4.90 Å². The fourth-order valence-corrected chi connectivity index (χ4v) is 2.65. The number of benzene rings is 1. The van der Waals surface area contributed by atoms with Gasteiger partial charge in [0.05, 0.1) is 6.61 Å². The van der Waals surface area contributed by atoms with Crippen LogP contribution in [-0.4, -0.2) is 30.2 Å². The van der Waals surface area contributed by atoms with Crippen molar-refractivity contribution in [1.82, 2.24) is 4.90 Å². The van der Waals surface area contributed by atoms with Crippen LogP contribution in [0.2, 0.25) is 0 Å². The van der Waals surface area contributed by atoms with Crippen molar-refractivity contribution in [3.63, 3.8) is 0 Å². The third-order valence-electron chi connectivity index (χ3n) is 2.48. The van der Waals surface area contributed by atoms with Crippen LogP contribution in [0.15, 0.2) is 29.6 Å². The largest absolute Gasteiger partial charge is 0.395 e. The number of aliphatic hydroxyl groups is 1. The van der Waals surface area contributed by atoms with Gasteiger partial charge in [0.2, 0.25) is 0 Å². The van der Waals surface area contributed by atoms with E-state index in [1.54, 1.807) is 11.3 Å². The summed E-state index contributed by atoms with van der Waals surface area (Å²) in [6.45, 7) is 1.85. The second-order valence-corrected chi connectivity index (χ2v) is 4.63. The zero-order valence-electron chi connectivity index (χ0n) is 8.81. The maximum atomic E-state index is 8.84. The monoisotopic (exact) mass is 221 g/mol. The molecule has 0 bridgehead atoms. The van der Waals surface area contributed by atoms with Gasteiger partial charge in [-0.25, -0.2) is 0 Å². The molecule has 0 unspecified atom stereocenters. The van der Waals surface area contributed by atoms with Gasteiger partial charge in [-0.1, -0.05) is 18.2 Å². The van der Waals surface area contributed by atoms with E-state index in [0.29, 0.717) is 0 Å². The molecule has 0 radical (unpaired) electrons. The number of nitrogens with zero attached hydrogens (tertiary/aromatic N) is 1. The topological polar surface area (TPSA) is 23.5 Å². The highest BCUT2D eigenvalue weighted by molar-refractivity contribution is 7.17. The zero-order chi connectivity index (χ0) is 10.7. The van der Waals surface area contributed by atoms with Gasteiger partial charge in [0.15, 0.2) is 0 Å². The minimum Gasteiger partial charge on any atom is -0.395 e. The van der Waals surface area contributed by atoms with E-state index >= 15 is 0 Å². The van der Waals surface area contributed by atoms with Gasteiger partial charge in [0.25, 0.3) is 0 Å². The Labute approximate surface area is 93.8 Å². The van der Waals surface area contributed by atoms with Crippen molar-refractivity contribution in [2.24, 2.45) is 0 Å². The predicted molar refractivity (Wildman–Crippen MR) is 65.2 cm³/mol. The molecule has 0 atom stereocenters. The van der Waals surface area contributed by atoms with Gasteiger partial charge in [0.1, 0.15) is 0 Å².